The average molecular weight is 377 g/mol. The topological polar surface area (TPSA) is 83.7 Å². The second-order valence-electron chi connectivity index (χ2n) is 6.08. The molecule has 0 unspecified atom stereocenters. The third-order valence-electron chi connectivity index (χ3n) is 4.17. The molecule has 0 aliphatic rings. The van der Waals surface area contributed by atoms with Crippen molar-refractivity contribution in [1.82, 2.24) is 9.61 Å². The molecule has 2 N–H and O–H groups in total. The van der Waals surface area contributed by atoms with Crippen molar-refractivity contribution in [2.24, 2.45) is 0 Å². The Morgan fingerprint density at radius 1 is 1.15 bits per heavy atom. The number of carbonyl (C=O) groups is 2. The number of nitrogens with zero attached hydrogens (tertiary/aromatic N) is 2. The van der Waals surface area contributed by atoms with Crippen LogP contribution in [0.3, 0.4) is 0 Å². The molecule has 4 rings (SSSR count). The number of carbonyl (C=O) groups excluding carboxylic acids is 1. The molecule has 1 amide bonds. The minimum Gasteiger partial charge on any atom is -0.478 e. The molecule has 0 fully saturated rings. The van der Waals surface area contributed by atoms with E-state index in [1.807, 2.05) is 49.4 Å². The Labute approximate surface area is 158 Å². The maximum atomic E-state index is 12.6. The molecule has 7 heteroatoms. The molecule has 27 heavy (non-hydrogen) atoms. The van der Waals surface area contributed by atoms with Gasteiger partial charge in [-0.3, -0.25) is 4.79 Å². The van der Waals surface area contributed by atoms with Gasteiger partial charge in [-0.2, -0.15) is 5.10 Å². The van der Waals surface area contributed by atoms with Crippen LogP contribution in [0.15, 0.2) is 60.1 Å². The van der Waals surface area contributed by atoms with Crippen LogP contribution in [0.4, 0.5) is 5.69 Å². The molecule has 0 atom stereocenters. The maximum Gasteiger partial charge on any atom is 0.339 e. The summed E-state index contributed by atoms with van der Waals surface area (Å²) in [5.74, 6) is -1.54. The summed E-state index contributed by atoms with van der Waals surface area (Å²) in [4.78, 5) is 25.0. The molecule has 3 heterocycles. The molecule has 0 saturated heterocycles. The lowest BCUT2D eigenvalue weighted by atomic mass is 10.1. The summed E-state index contributed by atoms with van der Waals surface area (Å²) in [6, 6.07) is 14.8. The van der Waals surface area contributed by atoms with Gasteiger partial charge in [0.05, 0.1) is 16.1 Å². The minimum atomic E-state index is -1.09. The maximum absolute atomic E-state index is 12.6. The predicted molar refractivity (Wildman–Crippen MR) is 105 cm³/mol. The lowest BCUT2D eigenvalue weighted by Crippen LogP contribution is -2.14. The Morgan fingerprint density at radius 2 is 1.93 bits per heavy atom. The SMILES string of the molecule is Cc1ccc(-c2scc(NC(=O)c3cc4ccccn4n3)c2C(=O)O)cc1. The molecule has 0 spiro atoms. The van der Waals surface area contributed by atoms with E-state index in [1.165, 1.54) is 11.3 Å². The monoisotopic (exact) mass is 377 g/mol. The van der Waals surface area contributed by atoms with Crippen LogP contribution >= 0.6 is 11.3 Å². The van der Waals surface area contributed by atoms with Crippen LogP contribution in [0.25, 0.3) is 16.0 Å². The number of rotatable bonds is 4. The first-order chi connectivity index (χ1) is 13.0. The number of hydrogen-bond donors (Lipinski definition) is 2. The van der Waals surface area contributed by atoms with Crippen molar-refractivity contribution in [3.05, 3.63) is 76.9 Å². The highest BCUT2D eigenvalue weighted by Gasteiger charge is 2.22. The summed E-state index contributed by atoms with van der Waals surface area (Å²) < 4.78 is 1.60. The number of amides is 1. The number of carboxylic acids is 1. The Bertz CT molecular complexity index is 1130. The van der Waals surface area contributed by atoms with E-state index in [0.29, 0.717) is 4.88 Å². The second-order valence-corrected chi connectivity index (χ2v) is 6.96. The summed E-state index contributed by atoms with van der Waals surface area (Å²) in [5.41, 5.74) is 3.25. The molecule has 0 aliphatic heterocycles. The molecular weight excluding hydrogens is 362 g/mol. The Morgan fingerprint density at radius 3 is 2.63 bits per heavy atom. The summed E-state index contributed by atoms with van der Waals surface area (Å²) in [5, 5.41) is 18.2. The molecule has 6 nitrogen and oxygen atoms in total. The van der Waals surface area contributed by atoms with E-state index >= 15 is 0 Å². The van der Waals surface area contributed by atoms with Crippen molar-refractivity contribution in [2.75, 3.05) is 5.32 Å². The number of benzene rings is 1. The fourth-order valence-electron chi connectivity index (χ4n) is 2.82. The zero-order valence-electron chi connectivity index (χ0n) is 14.3. The van der Waals surface area contributed by atoms with Gasteiger partial charge in [0, 0.05) is 11.6 Å². The van der Waals surface area contributed by atoms with Crippen molar-refractivity contribution >= 4 is 34.4 Å². The highest BCUT2D eigenvalue weighted by atomic mass is 32.1. The van der Waals surface area contributed by atoms with Crippen molar-refractivity contribution in [1.29, 1.82) is 0 Å². The van der Waals surface area contributed by atoms with Gasteiger partial charge in [0.15, 0.2) is 5.69 Å². The highest BCUT2D eigenvalue weighted by molar-refractivity contribution is 7.14. The van der Waals surface area contributed by atoms with Gasteiger partial charge in [-0.1, -0.05) is 35.9 Å². The minimum absolute atomic E-state index is 0.0842. The zero-order chi connectivity index (χ0) is 19.0. The molecule has 0 saturated carbocycles. The first-order valence-corrected chi connectivity index (χ1v) is 9.08. The van der Waals surface area contributed by atoms with E-state index in [1.54, 1.807) is 22.2 Å². The normalized spacial score (nSPS) is 10.9. The summed E-state index contributed by atoms with van der Waals surface area (Å²) >= 11 is 1.28. The van der Waals surface area contributed by atoms with Crippen LogP contribution in [-0.2, 0) is 0 Å². The van der Waals surface area contributed by atoms with E-state index in [2.05, 4.69) is 10.4 Å². The van der Waals surface area contributed by atoms with Crippen LogP contribution < -0.4 is 5.32 Å². The molecule has 3 aromatic heterocycles. The fourth-order valence-corrected chi connectivity index (χ4v) is 3.81. The number of thiophene rings is 1. The molecular formula is C20H15N3O3S. The lowest BCUT2D eigenvalue weighted by Gasteiger charge is -2.05. The highest BCUT2D eigenvalue weighted by Crippen LogP contribution is 2.36. The second kappa shape index (κ2) is 6.69. The van der Waals surface area contributed by atoms with Crippen molar-refractivity contribution in [3.63, 3.8) is 0 Å². The van der Waals surface area contributed by atoms with E-state index in [-0.39, 0.29) is 16.9 Å². The largest absolute Gasteiger partial charge is 0.478 e. The molecule has 0 aliphatic carbocycles. The van der Waals surface area contributed by atoms with Crippen LogP contribution in [0.1, 0.15) is 26.4 Å². The molecule has 0 radical (unpaired) electrons. The Hall–Kier alpha value is -3.45. The van der Waals surface area contributed by atoms with E-state index in [4.69, 9.17) is 0 Å². The van der Waals surface area contributed by atoms with Crippen molar-refractivity contribution < 1.29 is 14.7 Å². The van der Waals surface area contributed by atoms with Gasteiger partial charge in [0.1, 0.15) is 5.56 Å². The number of anilines is 1. The van der Waals surface area contributed by atoms with Gasteiger partial charge in [-0.25, -0.2) is 9.31 Å². The number of aryl methyl sites for hydroxylation is 1. The standard InChI is InChI=1S/C20H15N3O3S/c1-12-5-7-13(8-6-12)18-17(20(25)26)16(11-27-18)21-19(24)15-10-14-4-2-3-9-23(14)22-15/h2-11H,1H3,(H,21,24)(H,25,26). The van der Waals surface area contributed by atoms with Gasteiger partial charge in [-0.05, 0) is 30.7 Å². The lowest BCUT2D eigenvalue weighted by molar-refractivity contribution is 0.0699. The van der Waals surface area contributed by atoms with Crippen LogP contribution in [0.5, 0.6) is 0 Å². The number of pyridine rings is 1. The van der Waals surface area contributed by atoms with Crippen LogP contribution in [-0.4, -0.2) is 26.6 Å². The summed E-state index contributed by atoms with van der Waals surface area (Å²) in [7, 11) is 0. The molecule has 134 valence electrons. The quantitative estimate of drug-likeness (QED) is 0.555. The van der Waals surface area contributed by atoms with Gasteiger partial charge in [-0.15, -0.1) is 11.3 Å². The number of nitrogens with one attached hydrogen (secondary N) is 1. The number of aromatic carboxylic acids is 1. The van der Waals surface area contributed by atoms with Gasteiger partial charge in [0.25, 0.3) is 5.91 Å². The molecule has 1 aromatic carbocycles. The predicted octanol–water partition coefficient (Wildman–Crippen LogP) is 4.32. The Balaban J connectivity index is 1.68. The van der Waals surface area contributed by atoms with Crippen molar-refractivity contribution in [2.45, 2.75) is 6.92 Å². The smallest absolute Gasteiger partial charge is 0.339 e. The number of aromatic nitrogens is 2. The molecule has 4 aromatic rings. The first-order valence-electron chi connectivity index (χ1n) is 8.20. The van der Waals surface area contributed by atoms with Gasteiger partial charge in [0.2, 0.25) is 0 Å². The first kappa shape index (κ1) is 17.0. The Kier molecular flexibility index (Phi) is 4.21. The van der Waals surface area contributed by atoms with E-state index in [9.17, 15) is 14.7 Å². The zero-order valence-corrected chi connectivity index (χ0v) is 15.2. The fraction of sp³-hybridized carbons (Fsp3) is 0.0500. The van der Waals surface area contributed by atoms with Crippen LogP contribution in [0.2, 0.25) is 0 Å². The third-order valence-corrected chi connectivity index (χ3v) is 5.20. The average Bonchev–Trinajstić information content (AvgIpc) is 3.26. The third kappa shape index (κ3) is 3.20. The summed E-state index contributed by atoms with van der Waals surface area (Å²) in [6.45, 7) is 1.97. The molecule has 0 bridgehead atoms. The van der Waals surface area contributed by atoms with Gasteiger partial charge < -0.3 is 10.4 Å². The van der Waals surface area contributed by atoms with E-state index < -0.39 is 11.9 Å². The number of carboxylic acid groups (broad SMARTS) is 1. The van der Waals surface area contributed by atoms with Crippen LogP contribution in [0, 0.1) is 6.92 Å². The number of hydrogen-bond acceptors (Lipinski definition) is 4. The van der Waals surface area contributed by atoms with Gasteiger partial charge >= 0.3 is 5.97 Å². The van der Waals surface area contributed by atoms with Crippen molar-refractivity contribution in [3.8, 4) is 10.4 Å². The summed E-state index contributed by atoms with van der Waals surface area (Å²) in [6.07, 6.45) is 1.74. The van der Waals surface area contributed by atoms with E-state index in [0.717, 1.165) is 16.6 Å². The number of fused-ring (bicyclic) bond motifs is 1.